The number of benzene rings is 1. The van der Waals surface area contributed by atoms with Crippen LogP contribution < -0.4 is 5.73 Å². The second kappa shape index (κ2) is 4.84. The van der Waals surface area contributed by atoms with Crippen LogP contribution in [0.3, 0.4) is 0 Å². The molecule has 1 aliphatic rings. The summed E-state index contributed by atoms with van der Waals surface area (Å²) in [6.07, 6.45) is 0. The van der Waals surface area contributed by atoms with Gasteiger partial charge in [0.05, 0.1) is 17.1 Å². The lowest BCUT2D eigenvalue weighted by molar-refractivity contribution is 0.00578. The molecule has 0 aliphatic carbocycles. The van der Waals surface area contributed by atoms with Gasteiger partial charge in [-0.2, -0.15) is 0 Å². The van der Waals surface area contributed by atoms with Crippen LogP contribution >= 0.6 is 15.9 Å². The first-order valence-corrected chi connectivity index (χ1v) is 6.99. The molecule has 1 aliphatic heterocycles. The van der Waals surface area contributed by atoms with Gasteiger partial charge >= 0.3 is 7.12 Å². The van der Waals surface area contributed by atoms with Crippen molar-refractivity contribution >= 4 is 23.0 Å². The molecule has 1 fully saturated rings. The zero-order valence-electron chi connectivity index (χ0n) is 11.5. The molecule has 19 heavy (non-hydrogen) atoms. The van der Waals surface area contributed by atoms with E-state index in [-0.39, 0.29) is 5.82 Å². The van der Waals surface area contributed by atoms with E-state index >= 15 is 0 Å². The van der Waals surface area contributed by atoms with Crippen molar-refractivity contribution in [3.05, 3.63) is 34.1 Å². The van der Waals surface area contributed by atoms with E-state index < -0.39 is 24.3 Å². The van der Waals surface area contributed by atoms with Crippen molar-refractivity contribution in [3.63, 3.8) is 0 Å². The fraction of sp³-hybridized carbons (Fsp3) is 0.538. The normalized spacial score (nSPS) is 22.6. The van der Waals surface area contributed by atoms with Gasteiger partial charge < -0.3 is 15.0 Å². The Labute approximate surface area is 121 Å². The molecule has 1 aromatic carbocycles. The molecule has 1 atom stereocenters. The van der Waals surface area contributed by atoms with Crippen LogP contribution in [0, 0.1) is 5.82 Å². The van der Waals surface area contributed by atoms with E-state index in [1.165, 1.54) is 12.1 Å². The van der Waals surface area contributed by atoms with Gasteiger partial charge in [-0.15, -0.1) is 0 Å². The highest BCUT2D eigenvalue weighted by Crippen LogP contribution is 2.40. The molecule has 0 radical (unpaired) electrons. The highest BCUT2D eigenvalue weighted by Gasteiger charge is 2.53. The maximum atomic E-state index is 13.1. The van der Waals surface area contributed by atoms with Crippen LogP contribution in [0.1, 0.15) is 39.2 Å². The van der Waals surface area contributed by atoms with Gasteiger partial charge in [-0.3, -0.25) is 0 Å². The molecule has 2 N–H and O–H groups in total. The van der Waals surface area contributed by atoms with Crippen LogP contribution in [0.15, 0.2) is 22.7 Å². The van der Waals surface area contributed by atoms with Crippen LogP contribution in [0.25, 0.3) is 0 Å². The average molecular weight is 330 g/mol. The summed E-state index contributed by atoms with van der Waals surface area (Å²) < 4.78 is 25.5. The quantitative estimate of drug-likeness (QED) is 0.847. The molecular weight excluding hydrogens is 312 g/mol. The maximum Gasteiger partial charge on any atom is 0.480 e. The Morgan fingerprint density at radius 1 is 1.21 bits per heavy atom. The molecular formula is C13H18BBrFNO2. The Hall–Kier alpha value is -0.425. The molecule has 0 unspecified atom stereocenters. The molecule has 0 amide bonds. The molecule has 2 rings (SSSR count). The standard InChI is InChI=1S/C13H18BBrFNO2/c1-12(2)13(3,4)19-14(18-12)11(17)9-6-5-8(16)7-10(9)15/h5-7,11H,17H2,1-4H3/t11-/m1/s1. The van der Waals surface area contributed by atoms with E-state index in [1.54, 1.807) is 6.07 Å². The highest BCUT2D eigenvalue weighted by molar-refractivity contribution is 9.10. The molecule has 1 aromatic rings. The fourth-order valence-corrected chi connectivity index (χ4v) is 2.57. The Morgan fingerprint density at radius 3 is 2.21 bits per heavy atom. The monoisotopic (exact) mass is 329 g/mol. The molecule has 104 valence electrons. The van der Waals surface area contributed by atoms with Gasteiger partial charge in [0, 0.05) is 4.47 Å². The summed E-state index contributed by atoms with van der Waals surface area (Å²) in [6.45, 7) is 7.89. The molecule has 3 nitrogen and oxygen atoms in total. The smallest absolute Gasteiger partial charge is 0.402 e. The average Bonchev–Trinajstić information content (AvgIpc) is 2.47. The summed E-state index contributed by atoms with van der Waals surface area (Å²) >= 11 is 3.32. The van der Waals surface area contributed by atoms with E-state index in [4.69, 9.17) is 15.0 Å². The van der Waals surface area contributed by atoms with E-state index in [2.05, 4.69) is 15.9 Å². The third-order valence-corrected chi connectivity index (χ3v) is 4.57. The Bertz CT molecular complexity index is 480. The molecule has 0 spiro atoms. The van der Waals surface area contributed by atoms with Gasteiger partial charge in [0.2, 0.25) is 0 Å². The SMILES string of the molecule is CC1(C)OB([C@H](N)c2ccc(F)cc2Br)OC1(C)C. The first kappa shape index (κ1) is 15.0. The van der Waals surface area contributed by atoms with Gasteiger partial charge in [-0.1, -0.05) is 22.0 Å². The van der Waals surface area contributed by atoms with E-state index in [9.17, 15) is 4.39 Å². The van der Waals surface area contributed by atoms with Gasteiger partial charge in [-0.25, -0.2) is 4.39 Å². The van der Waals surface area contributed by atoms with Gasteiger partial charge in [0.25, 0.3) is 0 Å². The number of halogens is 2. The summed E-state index contributed by atoms with van der Waals surface area (Å²) in [4.78, 5) is 0. The fourth-order valence-electron chi connectivity index (χ4n) is 1.95. The lowest BCUT2D eigenvalue weighted by Gasteiger charge is -2.32. The molecule has 1 saturated heterocycles. The topological polar surface area (TPSA) is 44.5 Å². The van der Waals surface area contributed by atoms with Gasteiger partial charge in [0.1, 0.15) is 5.82 Å². The predicted octanol–water partition coefficient (Wildman–Crippen LogP) is 3.22. The zero-order valence-corrected chi connectivity index (χ0v) is 13.1. The Morgan fingerprint density at radius 2 is 1.74 bits per heavy atom. The van der Waals surface area contributed by atoms with Crippen LogP contribution in [0.4, 0.5) is 4.39 Å². The van der Waals surface area contributed by atoms with Crippen molar-refractivity contribution in [2.75, 3.05) is 0 Å². The second-order valence-electron chi connectivity index (χ2n) is 5.82. The summed E-state index contributed by atoms with van der Waals surface area (Å²) in [5, 5.41) is 0. The first-order valence-electron chi connectivity index (χ1n) is 6.20. The minimum atomic E-state index is -0.549. The third-order valence-electron chi connectivity index (χ3n) is 3.89. The number of hydrogen-bond donors (Lipinski definition) is 1. The molecule has 0 bridgehead atoms. The lowest BCUT2D eigenvalue weighted by atomic mass is 9.75. The summed E-state index contributed by atoms with van der Waals surface area (Å²) in [5.74, 6) is -0.784. The third kappa shape index (κ3) is 2.72. The van der Waals surface area contributed by atoms with Crippen molar-refractivity contribution in [2.24, 2.45) is 5.73 Å². The highest BCUT2D eigenvalue weighted by atomic mass is 79.9. The lowest BCUT2D eigenvalue weighted by Crippen LogP contribution is -2.41. The Balaban J connectivity index is 2.24. The van der Waals surface area contributed by atoms with Crippen molar-refractivity contribution in [1.82, 2.24) is 0 Å². The van der Waals surface area contributed by atoms with Gasteiger partial charge in [0.15, 0.2) is 0 Å². The number of nitrogens with two attached hydrogens (primary N) is 1. The van der Waals surface area contributed by atoms with Crippen molar-refractivity contribution in [3.8, 4) is 0 Å². The summed E-state index contributed by atoms with van der Waals surface area (Å²) in [6, 6.07) is 4.42. The number of hydrogen-bond acceptors (Lipinski definition) is 3. The maximum absolute atomic E-state index is 13.1. The van der Waals surface area contributed by atoms with Crippen LogP contribution in [-0.2, 0) is 9.31 Å². The molecule has 1 heterocycles. The molecule has 0 saturated carbocycles. The van der Waals surface area contributed by atoms with Gasteiger partial charge in [-0.05, 0) is 45.4 Å². The van der Waals surface area contributed by atoms with Crippen molar-refractivity contribution in [1.29, 1.82) is 0 Å². The zero-order chi connectivity index (χ0) is 14.4. The molecule has 6 heteroatoms. The number of rotatable bonds is 2. The van der Waals surface area contributed by atoms with Crippen LogP contribution in [0.2, 0.25) is 0 Å². The Kier molecular flexibility index (Phi) is 3.82. The summed E-state index contributed by atoms with van der Waals surface area (Å²) in [7, 11) is -0.549. The predicted molar refractivity (Wildman–Crippen MR) is 77.1 cm³/mol. The van der Waals surface area contributed by atoms with Crippen LogP contribution in [0.5, 0.6) is 0 Å². The van der Waals surface area contributed by atoms with Crippen molar-refractivity contribution < 1.29 is 13.7 Å². The minimum Gasteiger partial charge on any atom is -0.402 e. The van der Waals surface area contributed by atoms with E-state index in [0.717, 1.165) is 5.56 Å². The van der Waals surface area contributed by atoms with Crippen molar-refractivity contribution in [2.45, 2.75) is 44.8 Å². The van der Waals surface area contributed by atoms with E-state index in [1.807, 2.05) is 27.7 Å². The largest absolute Gasteiger partial charge is 0.480 e. The first-order chi connectivity index (χ1) is 8.64. The van der Waals surface area contributed by atoms with Crippen LogP contribution in [-0.4, -0.2) is 18.3 Å². The molecule has 0 aromatic heterocycles. The summed E-state index contributed by atoms with van der Waals surface area (Å²) in [5.41, 5.74) is 6.10. The minimum absolute atomic E-state index is 0.309. The second-order valence-corrected chi connectivity index (χ2v) is 6.67. The van der Waals surface area contributed by atoms with E-state index in [0.29, 0.717) is 4.47 Å².